The van der Waals surface area contributed by atoms with Crippen LogP contribution in [0.3, 0.4) is 0 Å². The van der Waals surface area contributed by atoms with Crippen LogP contribution in [-0.2, 0) is 21.4 Å². The van der Waals surface area contributed by atoms with Crippen LogP contribution in [0.4, 0.5) is 5.69 Å². The largest absolute Gasteiger partial charge is 0.318 e. The molecule has 2 atom stereocenters. The Balaban J connectivity index is 1.20. The van der Waals surface area contributed by atoms with Crippen LogP contribution < -0.4 is 10.9 Å². The lowest BCUT2D eigenvalue weighted by atomic mass is 9.55. The van der Waals surface area contributed by atoms with Gasteiger partial charge in [0.1, 0.15) is 12.2 Å². The lowest BCUT2D eigenvalue weighted by Crippen LogP contribution is -2.41. The fraction of sp³-hybridized carbons (Fsp3) is 0.226. The van der Waals surface area contributed by atoms with Gasteiger partial charge in [0.15, 0.2) is 0 Å². The van der Waals surface area contributed by atoms with E-state index >= 15 is 0 Å². The van der Waals surface area contributed by atoms with Gasteiger partial charge in [-0.15, -0.1) is 0 Å². The summed E-state index contributed by atoms with van der Waals surface area (Å²) in [5.41, 5.74) is 5.29. The number of imide groups is 1. The summed E-state index contributed by atoms with van der Waals surface area (Å²) in [6.45, 7) is 1.30. The first-order valence-electron chi connectivity index (χ1n) is 13.0. The molecule has 0 unspecified atom stereocenters. The molecule has 39 heavy (non-hydrogen) atoms. The third kappa shape index (κ3) is 3.17. The third-order valence-electron chi connectivity index (χ3n) is 8.66. The Morgan fingerprint density at radius 1 is 0.744 bits per heavy atom. The van der Waals surface area contributed by atoms with Gasteiger partial charge in [0, 0.05) is 18.9 Å². The minimum atomic E-state index is -0.580. The number of para-hydroxylation sites is 1. The highest BCUT2D eigenvalue weighted by atomic mass is 16.2. The predicted molar refractivity (Wildman–Crippen MR) is 145 cm³/mol. The second-order valence-corrected chi connectivity index (χ2v) is 10.5. The zero-order valence-corrected chi connectivity index (χ0v) is 21.5. The molecule has 3 amide bonds. The number of likely N-dealkylation sites (tertiary alicyclic amines) is 1. The van der Waals surface area contributed by atoms with Crippen molar-refractivity contribution in [2.75, 3.05) is 11.9 Å². The molecule has 1 fully saturated rings. The monoisotopic (exact) mass is 518 g/mol. The first-order valence-corrected chi connectivity index (χ1v) is 13.0. The molecule has 3 aromatic carbocycles. The zero-order chi connectivity index (χ0) is 27.0. The maximum atomic E-state index is 13.8. The van der Waals surface area contributed by atoms with Gasteiger partial charge >= 0.3 is 0 Å². The number of hydrogen-bond acceptors (Lipinski definition) is 4. The van der Waals surface area contributed by atoms with E-state index in [0.717, 1.165) is 27.2 Å². The molecule has 0 spiro atoms. The highest BCUT2D eigenvalue weighted by molar-refractivity contribution is 6.10. The van der Waals surface area contributed by atoms with Gasteiger partial charge in [-0.1, -0.05) is 66.7 Å². The molecule has 0 saturated carbocycles. The van der Waals surface area contributed by atoms with Crippen LogP contribution >= 0.6 is 0 Å². The highest BCUT2D eigenvalue weighted by Gasteiger charge is 2.61. The number of carbonyl (C=O) groups is 3. The lowest BCUT2D eigenvalue weighted by molar-refractivity contribution is -0.142. The summed E-state index contributed by atoms with van der Waals surface area (Å²) in [4.78, 5) is 55.1. The average Bonchev–Trinajstić information content (AvgIpc) is 3.33. The van der Waals surface area contributed by atoms with Crippen molar-refractivity contribution in [3.8, 4) is 5.69 Å². The van der Waals surface area contributed by atoms with Crippen LogP contribution in [-0.4, -0.2) is 38.5 Å². The van der Waals surface area contributed by atoms with Crippen LogP contribution in [0.2, 0.25) is 0 Å². The number of carbonyl (C=O) groups excluding carboxylic acids is 3. The maximum absolute atomic E-state index is 13.8. The SMILES string of the molecule is Cc1c(NC(=O)CN2C(=O)[C@@H]3C4c5ccccc5C(c5ccccc54)[C@@H]3C2=O)c(=O)n(-c2ccccc2)n1C. The molecule has 4 aromatic rings. The van der Waals surface area contributed by atoms with Crippen molar-refractivity contribution >= 4 is 23.4 Å². The van der Waals surface area contributed by atoms with Crippen molar-refractivity contribution in [1.29, 1.82) is 0 Å². The van der Waals surface area contributed by atoms with E-state index in [1.165, 1.54) is 4.68 Å². The number of aromatic nitrogens is 2. The van der Waals surface area contributed by atoms with E-state index in [1.807, 2.05) is 66.7 Å². The molecule has 1 N–H and O–H groups in total. The molecular weight excluding hydrogens is 492 g/mol. The first-order chi connectivity index (χ1) is 18.9. The van der Waals surface area contributed by atoms with Gasteiger partial charge in [-0.05, 0) is 41.3 Å². The predicted octanol–water partition coefficient (Wildman–Crippen LogP) is 3.32. The van der Waals surface area contributed by atoms with E-state index in [1.54, 1.807) is 30.8 Å². The van der Waals surface area contributed by atoms with E-state index in [4.69, 9.17) is 0 Å². The molecule has 8 heteroatoms. The zero-order valence-electron chi connectivity index (χ0n) is 21.5. The molecule has 1 aromatic heterocycles. The fourth-order valence-electron chi connectivity index (χ4n) is 6.93. The van der Waals surface area contributed by atoms with Crippen molar-refractivity contribution in [1.82, 2.24) is 14.3 Å². The summed E-state index contributed by atoms with van der Waals surface area (Å²) >= 11 is 0. The molecule has 4 aliphatic rings. The Kier molecular flexibility index (Phi) is 5.04. The normalized spacial score (nSPS) is 22.5. The summed E-state index contributed by atoms with van der Waals surface area (Å²) in [6.07, 6.45) is 0. The molecule has 2 bridgehead atoms. The van der Waals surface area contributed by atoms with Crippen LogP contribution in [0.1, 0.15) is 39.8 Å². The summed E-state index contributed by atoms with van der Waals surface area (Å²) in [6, 6.07) is 25.2. The van der Waals surface area contributed by atoms with Gasteiger partial charge in [-0.3, -0.25) is 28.8 Å². The van der Waals surface area contributed by atoms with Gasteiger partial charge < -0.3 is 5.32 Å². The van der Waals surface area contributed by atoms with E-state index < -0.39 is 24.3 Å². The Hall–Kier alpha value is -4.72. The van der Waals surface area contributed by atoms with E-state index in [-0.39, 0.29) is 34.9 Å². The molecule has 8 nitrogen and oxygen atoms in total. The molecule has 1 aliphatic heterocycles. The Morgan fingerprint density at radius 2 is 1.21 bits per heavy atom. The van der Waals surface area contributed by atoms with Crippen molar-refractivity contribution in [2.45, 2.75) is 18.8 Å². The van der Waals surface area contributed by atoms with Crippen molar-refractivity contribution in [3.63, 3.8) is 0 Å². The number of anilines is 1. The Labute approximate surface area is 224 Å². The average molecular weight is 519 g/mol. The number of nitrogens with zero attached hydrogens (tertiary/aromatic N) is 3. The van der Waals surface area contributed by atoms with Gasteiger partial charge in [0.25, 0.3) is 5.56 Å². The van der Waals surface area contributed by atoms with Crippen molar-refractivity contribution in [2.24, 2.45) is 18.9 Å². The molecule has 194 valence electrons. The van der Waals surface area contributed by atoms with Crippen molar-refractivity contribution in [3.05, 3.63) is 117 Å². The van der Waals surface area contributed by atoms with Crippen LogP contribution in [0.5, 0.6) is 0 Å². The van der Waals surface area contributed by atoms with Crippen LogP contribution in [0.25, 0.3) is 5.69 Å². The molecule has 8 rings (SSSR count). The summed E-state index contributed by atoms with van der Waals surface area (Å²) < 4.78 is 3.14. The maximum Gasteiger partial charge on any atom is 0.295 e. The lowest BCUT2D eigenvalue weighted by Gasteiger charge is -2.45. The Morgan fingerprint density at radius 3 is 1.69 bits per heavy atom. The quantitative estimate of drug-likeness (QED) is 0.420. The summed E-state index contributed by atoms with van der Waals surface area (Å²) in [5, 5.41) is 2.69. The number of nitrogens with one attached hydrogen (secondary N) is 1. The second kappa shape index (κ2) is 8.39. The number of amides is 3. The van der Waals surface area contributed by atoms with Crippen molar-refractivity contribution < 1.29 is 14.4 Å². The van der Waals surface area contributed by atoms with Gasteiger partial charge in [0.2, 0.25) is 17.7 Å². The standard InChI is InChI=1S/C31H26N4O4/c1-17-28(31(39)35(33(17)2)18-10-4-3-5-11-18)32-23(36)16-34-29(37)26-24-19-12-6-7-13-20(19)25(27(26)30(34)38)22-15-9-8-14-21(22)24/h3-15,24-27H,16H2,1-2H3,(H,32,36)/t24?,25?,26-,27+. The molecule has 2 heterocycles. The first kappa shape index (κ1) is 23.4. The Bertz CT molecular complexity index is 1640. The number of hydrogen-bond donors (Lipinski definition) is 1. The van der Waals surface area contributed by atoms with Gasteiger partial charge in [-0.2, -0.15) is 0 Å². The van der Waals surface area contributed by atoms with Crippen LogP contribution in [0.15, 0.2) is 83.7 Å². The minimum Gasteiger partial charge on any atom is -0.318 e. The minimum absolute atomic E-state index is 0.128. The number of rotatable bonds is 4. The summed E-state index contributed by atoms with van der Waals surface area (Å²) in [7, 11) is 1.74. The fourth-order valence-corrected chi connectivity index (χ4v) is 6.93. The molecule has 3 aliphatic carbocycles. The van der Waals surface area contributed by atoms with E-state index in [2.05, 4.69) is 5.32 Å². The van der Waals surface area contributed by atoms with Gasteiger partial charge in [-0.25, -0.2) is 4.68 Å². The number of benzene rings is 3. The summed E-state index contributed by atoms with van der Waals surface area (Å²) in [5.74, 6) is -2.79. The van der Waals surface area contributed by atoms with Crippen LogP contribution in [0, 0.1) is 18.8 Å². The smallest absolute Gasteiger partial charge is 0.295 e. The highest BCUT2D eigenvalue weighted by Crippen LogP contribution is 2.60. The topological polar surface area (TPSA) is 93.4 Å². The van der Waals surface area contributed by atoms with E-state index in [9.17, 15) is 19.2 Å². The molecular formula is C31H26N4O4. The third-order valence-corrected chi connectivity index (χ3v) is 8.66. The van der Waals surface area contributed by atoms with E-state index in [0.29, 0.717) is 11.4 Å². The second-order valence-electron chi connectivity index (χ2n) is 10.5. The molecule has 0 radical (unpaired) electrons. The molecule has 1 saturated heterocycles. The van der Waals surface area contributed by atoms with Gasteiger partial charge in [0.05, 0.1) is 23.2 Å².